The van der Waals surface area contributed by atoms with Gasteiger partial charge in [0.25, 0.3) is 0 Å². The maximum absolute atomic E-state index is 5.45. The number of pyridine rings is 1. The van der Waals surface area contributed by atoms with Gasteiger partial charge < -0.3 is 14.8 Å². The van der Waals surface area contributed by atoms with E-state index in [4.69, 9.17) is 9.47 Å². The van der Waals surface area contributed by atoms with Gasteiger partial charge in [-0.2, -0.15) is 0 Å². The van der Waals surface area contributed by atoms with Crippen LogP contribution < -0.4 is 10.1 Å². The zero-order valence-electron chi connectivity index (χ0n) is 8.62. The third-order valence-corrected chi connectivity index (χ3v) is 1.74. The maximum Gasteiger partial charge on any atom is 0.217 e. The Kier molecular flexibility index (Phi) is 4.96. The van der Waals surface area contributed by atoms with E-state index in [2.05, 4.69) is 10.3 Å². The van der Waals surface area contributed by atoms with Crippen LogP contribution in [0.5, 0.6) is 5.88 Å². The average Bonchev–Trinajstić information content (AvgIpc) is 2.21. The number of ether oxygens (including phenoxy) is 2. The van der Waals surface area contributed by atoms with Crippen LogP contribution in [0.1, 0.15) is 5.56 Å². The summed E-state index contributed by atoms with van der Waals surface area (Å²) < 4.78 is 10.3. The first-order valence-corrected chi connectivity index (χ1v) is 4.58. The van der Waals surface area contributed by atoms with Crippen molar-refractivity contribution in [2.24, 2.45) is 0 Å². The lowest BCUT2D eigenvalue weighted by Crippen LogP contribution is -2.11. The Bertz CT molecular complexity index is 266. The van der Waals surface area contributed by atoms with Crippen molar-refractivity contribution in [1.29, 1.82) is 0 Å². The van der Waals surface area contributed by atoms with Crippen LogP contribution in [0.3, 0.4) is 0 Å². The molecule has 0 aliphatic rings. The number of rotatable bonds is 6. The van der Waals surface area contributed by atoms with E-state index < -0.39 is 0 Å². The average molecular weight is 196 g/mol. The van der Waals surface area contributed by atoms with Crippen molar-refractivity contribution in [3.8, 4) is 5.88 Å². The number of nitrogens with zero attached hydrogens (tertiary/aromatic N) is 1. The molecule has 1 aromatic rings. The van der Waals surface area contributed by atoms with Gasteiger partial charge in [0.15, 0.2) is 0 Å². The Balaban J connectivity index is 2.55. The van der Waals surface area contributed by atoms with E-state index in [0.29, 0.717) is 19.1 Å². The summed E-state index contributed by atoms with van der Waals surface area (Å²) in [5.74, 6) is 0.680. The summed E-state index contributed by atoms with van der Waals surface area (Å²) in [6.45, 7) is 1.87. The standard InChI is InChI=1S/C10H16N2O2/c1-11-8-9-4-3-5-12-10(9)14-7-6-13-2/h3-5,11H,6-8H2,1-2H3. The zero-order chi connectivity index (χ0) is 10.2. The van der Waals surface area contributed by atoms with Gasteiger partial charge in [-0.3, -0.25) is 0 Å². The van der Waals surface area contributed by atoms with Crippen molar-refractivity contribution < 1.29 is 9.47 Å². The second-order valence-corrected chi connectivity index (χ2v) is 2.84. The number of hydrogen-bond acceptors (Lipinski definition) is 4. The lowest BCUT2D eigenvalue weighted by Gasteiger charge is -2.08. The third-order valence-electron chi connectivity index (χ3n) is 1.74. The first kappa shape index (κ1) is 10.9. The van der Waals surface area contributed by atoms with Gasteiger partial charge in [-0.1, -0.05) is 6.07 Å². The number of methoxy groups -OCH3 is 1. The van der Waals surface area contributed by atoms with Crippen molar-refractivity contribution in [3.05, 3.63) is 23.9 Å². The molecule has 1 N–H and O–H groups in total. The summed E-state index contributed by atoms with van der Waals surface area (Å²) in [6.07, 6.45) is 1.72. The normalized spacial score (nSPS) is 10.1. The minimum Gasteiger partial charge on any atom is -0.475 e. The molecule has 1 aromatic heterocycles. The van der Waals surface area contributed by atoms with Gasteiger partial charge >= 0.3 is 0 Å². The molecule has 4 nitrogen and oxygen atoms in total. The Labute approximate surface area is 84.3 Å². The predicted octanol–water partition coefficient (Wildman–Crippen LogP) is 0.826. The van der Waals surface area contributed by atoms with Gasteiger partial charge in [0.05, 0.1) is 6.61 Å². The molecule has 0 fully saturated rings. The van der Waals surface area contributed by atoms with Crippen LogP contribution in [-0.2, 0) is 11.3 Å². The summed E-state index contributed by atoms with van der Waals surface area (Å²) in [6, 6.07) is 3.89. The number of hydrogen-bond donors (Lipinski definition) is 1. The maximum atomic E-state index is 5.45. The van der Waals surface area contributed by atoms with Crippen molar-refractivity contribution >= 4 is 0 Å². The molecule has 0 atom stereocenters. The molecule has 0 radical (unpaired) electrons. The SMILES string of the molecule is CNCc1cccnc1OCCOC. The minimum atomic E-state index is 0.532. The molecule has 0 bridgehead atoms. The summed E-state index contributed by atoms with van der Waals surface area (Å²) in [4.78, 5) is 4.15. The van der Waals surface area contributed by atoms with Crippen LogP contribution in [0.25, 0.3) is 0 Å². The molecule has 0 aromatic carbocycles. The fraction of sp³-hybridized carbons (Fsp3) is 0.500. The molecular formula is C10H16N2O2. The fourth-order valence-corrected chi connectivity index (χ4v) is 1.10. The van der Waals surface area contributed by atoms with E-state index >= 15 is 0 Å². The molecule has 1 heterocycles. The van der Waals surface area contributed by atoms with E-state index in [1.54, 1.807) is 13.3 Å². The van der Waals surface area contributed by atoms with Gasteiger partial charge in [-0.15, -0.1) is 0 Å². The van der Waals surface area contributed by atoms with E-state index in [1.165, 1.54) is 0 Å². The van der Waals surface area contributed by atoms with Crippen molar-refractivity contribution in [3.63, 3.8) is 0 Å². The summed E-state index contributed by atoms with van der Waals surface area (Å²) >= 11 is 0. The van der Waals surface area contributed by atoms with Crippen LogP contribution in [0.15, 0.2) is 18.3 Å². The molecule has 0 saturated carbocycles. The second kappa shape index (κ2) is 6.34. The smallest absolute Gasteiger partial charge is 0.217 e. The molecule has 1 rings (SSSR count). The van der Waals surface area contributed by atoms with Crippen molar-refractivity contribution in [2.45, 2.75) is 6.54 Å². The Morgan fingerprint density at radius 2 is 2.29 bits per heavy atom. The van der Waals surface area contributed by atoms with Crippen molar-refractivity contribution in [1.82, 2.24) is 10.3 Å². The number of aromatic nitrogens is 1. The lowest BCUT2D eigenvalue weighted by atomic mass is 10.3. The molecule has 0 aliphatic carbocycles. The second-order valence-electron chi connectivity index (χ2n) is 2.84. The Morgan fingerprint density at radius 1 is 1.43 bits per heavy atom. The van der Waals surface area contributed by atoms with Crippen LogP contribution in [0.2, 0.25) is 0 Å². The first-order valence-electron chi connectivity index (χ1n) is 4.58. The lowest BCUT2D eigenvalue weighted by molar-refractivity contribution is 0.143. The summed E-state index contributed by atoms with van der Waals surface area (Å²) in [7, 11) is 3.54. The summed E-state index contributed by atoms with van der Waals surface area (Å²) in [5, 5.41) is 3.06. The highest BCUT2D eigenvalue weighted by atomic mass is 16.5. The van der Waals surface area contributed by atoms with Crippen LogP contribution >= 0.6 is 0 Å². The van der Waals surface area contributed by atoms with E-state index in [9.17, 15) is 0 Å². The highest BCUT2D eigenvalue weighted by Gasteiger charge is 2.02. The topological polar surface area (TPSA) is 43.4 Å². The van der Waals surface area contributed by atoms with E-state index in [1.807, 2.05) is 19.2 Å². The summed E-state index contributed by atoms with van der Waals surface area (Å²) in [5.41, 5.74) is 1.06. The highest BCUT2D eigenvalue weighted by molar-refractivity contribution is 5.25. The van der Waals surface area contributed by atoms with Gasteiger partial charge in [-0.05, 0) is 13.1 Å². The molecule has 0 aliphatic heterocycles. The van der Waals surface area contributed by atoms with Crippen LogP contribution in [0.4, 0.5) is 0 Å². The predicted molar refractivity (Wildman–Crippen MR) is 54.4 cm³/mol. The van der Waals surface area contributed by atoms with Crippen LogP contribution in [-0.4, -0.2) is 32.4 Å². The molecule has 0 unspecified atom stereocenters. The molecule has 4 heteroatoms. The van der Waals surface area contributed by atoms with Gasteiger partial charge in [0.1, 0.15) is 6.61 Å². The molecule has 0 spiro atoms. The fourth-order valence-electron chi connectivity index (χ4n) is 1.10. The molecule has 14 heavy (non-hydrogen) atoms. The quantitative estimate of drug-likeness (QED) is 0.684. The first-order chi connectivity index (χ1) is 6.88. The van der Waals surface area contributed by atoms with Crippen LogP contribution in [0, 0.1) is 0 Å². The molecule has 0 amide bonds. The third kappa shape index (κ3) is 3.32. The minimum absolute atomic E-state index is 0.532. The number of nitrogens with one attached hydrogen (secondary N) is 1. The molecule has 0 saturated heterocycles. The largest absolute Gasteiger partial charge is 0.475 e. The van der Waals surface area contributed by atoms with Gasteiger partial charge in [-0.25, -0.2) is 4.98 Å². The zero-order valence-corrected chi connectivity index (χ0v) is 8.62. The van der Waals surface area contributed by atoms with Crippen molar-refractivity contribution in [2.75, 3.05) is 27.4 Å². The van der Waals surface area contributed by atoms with E-state index in [0.717, 1.165) is 12.1 Å². The van der Waals surface area contributed by atoms with Gasteiger partial charge in [0.2, 0.25) is 5.88 Å². The van der Waals surface area contributed by atoms with E-state index in [-0.39, 0.29) is 0 Å². The monoisotopic (exact) mass is 196 g/mol. The molecular weight excluding hydrogens is 180 g/mol. The molecule has 78 valence electrons. The highest BCUT2D eigenvalue weighted by Crippen LogP contribution is 2.13. The Morgan fingerprint density at radius 3 is 3.00 bits per heavy atom. The van der Waals surface area contributed by atoms with Gasteiger partial charge in [0, 0.05) is 25.4 Å². The Hall–Kier alpha value is -1.13.